The van der Waals surface area contributed by atoms with Crippen LogP contribution in [0.1, 0.15) is 33.1 Å². The molecule has 2 nitrogen and oxygen atoms in total. The average Bonchev–Trinajstić information content (AvgIpc) is 2.41. The molecule has 0 aromatic heterocycles. The Kier molecular flexibility index (Phi) is 2.32. The molecule has 0 radical (unpaired) electrons. The highest BCUT2D eigenvalue weighted by Gasteiger charge is 2.46. The predicted octanol–water partition coefficient (Wildman–Crippen LogP) is 1.33. The Morgan fingerprint density at radius 2 is 2.00 bits per heavy atom. The monoisotopic (exact) mass is 144 g/mol. The van der Waals surface area contributed by atoms with Crippen molar-refractivity contribution in [2.24, 2.45) is 0 Å². The molecule has 0 aliphatic carbocycles. The van der Waals surface area contributed by atoms with Crippen LogP contribution < -0.4 is 0 Å². The third kappa shape index (κ3) is 1.96. The van der Waals surface area contributed by atoms with Crippen molar-refractivity contribution < 1.29 is 9.84 Å². The second-order valence-corrected chi connectivity index (χ2v) is 3.43. The molecule has 0 aromatic carbocycles. The second kappa shape index (κ2) is 2.89. The molecule has 2 heteroatoms. The van der Waals surface area contributed by atoms with Crippen LogP contribution in [-0.4, -0.2) is 23.4 Å². The maximum absolute atomic E-state index is 8.49. The highest BCUT2D eigenvalue weighted by atomic mass is 16.6. The number of aliphatic hydroxyl groups excluding tert-OH is 1. The number of hydrogen-bond acceptors (Lipinski definition) is 2. The molecule has 10 heavy (non-hydrogen) atoms. The molecule has 0 bridgehead atoms. The highest BCUT2D eigenvalue weighted by Crippen LogP contribution is 2.38. The van der Waals surface area contributed by atoms with E-state index in [2.05, 4.69) is 13.8 Å². The summed E-state index contributed by atoms with van der Waals surface area (Å²) in [6.45, 7) is 4.53. The van der Waals surface area contributed by atoms with Crippen molar-refractivity contribution >= 4 is 0 Å². The molecule has 0 aromatic rings. The first kappa shape index (κ1) is 8.02. The van der Waals surface area contributed by atoms with Gasteiger partial charge in [-0.05, 0) is 33.1 Å². The molecule has 1 rings (SSSR count). The van der Waals surface area contributed by atoms with Crippen LogP contribution in [-0.2, 0) is 4.74 Å². The number of rotatable bonds is 4. The molecule has 0 amide bonds. The molecule has 1 aliphatic rings. The van der Waals surface area contributed by atoms with E-state index in [1.807, 2.05) is 0 Å². The number of aliphatic hydroxyl groups is 1. The van der Waals surface area contributed by atoms with Gasteiger partial charge < -0.3 is 9.84 Å². The average molecular weight is 144 g/mol. The summed E-state index contributed by atoms with van der Waals surface area (Å²) in [4.78, 5) is 0. The van der Waals surface area contributed by atoms with E-state index in [0.29, 0.717) is 12.7 Å². The van der Waals surface area contributed by atoms with Crippen molar-refractivity contribution in [3.63, 3.8) is 0 Å². The number of ether oxygens (including phenoxy) is 1. The van der Waals surface area contributed by atoms with Crippen LogP contribution in [0.25, 0.3) is 0 Å². The van der Waals surface area contributed by atoms with E-state index in [-0.39, 0.29) is 5.60 Å². The molecule has 1 N–H and O–H groups in total. The third-order valence-electron chi connectivity index (χ3n) is 2.04. The van der Waals surface area contributed by atoms with E-state index in [4.69, 9.17) is 9.84 Å². The quantitative estimate of drug-likeness (QED) is 0.477. The Morgan fingerprint density at radius 3 is 2.40 bits per heavy atom. The molecule has 60 valence electrons. The van der Waals surface area contributed by atoms with Gasteiger partial charge >= 0.3 is 0 Å². The molecule has 1 unspecified atom stereocenters. The molecule has 0 saturated carbocycles. The minimum Gasteiger partial charge on any atom is -0.396 e. The van der Waals surface area contributed by atoms with Gasteiger partial charge in [0.25, 0.3) is 0 Å². The van der Waals surface area contributed by atoms with Crippen molar-refractivity contribution in [2.75, 3.05) is 6.61 Å². The zero-order valence-corrected chi connectivity index (χ0v) is 6.76. The zero-order chi connectivity index (χ0) is 7.61. The van der Waals surface area contributed by atoms with Crippen LogP contribution in [0.3, 0.4) is 0 Å². The van der Waals surface area contributed by atoms with Crippen LogP contribution >= 0.6 is 0 Å². The van der Waals surface area contributed by atoms with Crippen LogP contribution in [0, 0.1) is 0 Å². The molecule has 0 spiro atoms. The van der Waals surface area contributed by atoms with E-state index >= 15 is 0 Å². The maximum atomic E-state index is 8.49. The van der Waals surface area contributed by atoms with Crippen LogP contribution in [0.5, 0.6) is 0 Å². The summed E-state index contributed by atoms with van der Waals surface area (Å²) in [6.07, 6.45) is 3.56. The summed E-state index contributed by atoms with van der Waals surface area (Å²) in [7, 11) is 0. The Morgan fingerprint density at radius 1 is 1.40 bits per heavy atom. The van der Waals surface area contributed by atoms with Gasteiger partial charge in [0.2, 0.25) is 0 Å². The summed E-state index contributed by atoms with van der Waals surface area (Å²) in [6, 6.07) is 0. The normalized spacial score (nSPS) is 28.5. The Bertz CT molecular complexity index is 110. The number of unbranched alkanes of at least 4 members (excludes halogenated alkanes) is 1. The van der Waals surface area contributed by atoms with E-state index in [1.165, 1.54) is 0 Å². The largest absolute Gasteiger partial charge is 0.396 e. The summed E-state index contributed by atoms with van der Waals surface area (Å²) < 4.78 is 5.37. The van der Waals surface area contributed by atoms with Gasteiger partial charge in [0.1, 0.15) is 0 Å². The smallest absolute Gasteiger partial charge is 0.0892 e. The highest BCUT2D eigenvalue weighted by molar-refractivity contribution is 4.94. The molecular weight excluding hydrogens is 128 g/mol. The van der Waals surface area contributed by atoms with Crippen molar-refractivity contribution in [2.45, 2.75) is 44.8 Å². The lowest BCUT2D eigenvalue weighted by atomic mass is 10.1. The lowest BCUT2D eigenvalue weighted by molar-refractivity contribution is 0.277. The van der Waals surface area contributed by atoms with Gasteiger partial charge in [-0.25, -0.2) is 0 Å². The summed E-state index contributed by atoms with van der Waals surface area (Å²) in [5.74, 6) is 0. The molecule has 1 saturated heterocycles. The number of epoxide rings is 1. The van der Waals surface area contributed by atoms with Gasteiger partial charge in [0.15, 0.2) is 0 Å². The Labute approximate surface area is 62.2 Å². The van der Waals surface area contributed by atoms with Gasteiger partial charge in [-0.3, -0.25) is 0 Å². The Balaban J connectivity index is 1.97. The first-order valence-corrected chi connectivity index (χ1v) is 3.95. The SMILES string of the molecule is CC1(C)OC1CCCCO. The van der Waals surface area contributed by atoms with Crippen LogP contribution in [0.4, 0.5) is 0 Å². The van der Waals surface area contributed by atoms with Crippen LogP contribution in [0.2, 0.25) is 0 Å². The van der Waals surface area contributed by atoms with Crippen molar-refractivity contribution in [3.8, 4) is 0 Å². The first-order valence-electron chi connectivity index (χ1n) is 3.95. The summed E-state index contributed by atoms with van der Waals surface area (Å²) in [5, 5.41) is 8.49. The molecule has 1 fully saturated rings. The fourth-order valence-electron chi connectivity index (χ4n) is 1.18. The second-order valence-electron chi connectivity index (χ2n) is 3.43. The maximum Gasteiger partial charge on any atom is 0.0892 e. The third-order valence-corrected chi connectivity index (χ3v) is 2.04. The van der Waals surface area contributed by atoms with E-state index in [0.717, 1.165) is 19.3 Å². The van der Waals surface area contributed by atoms with Gasteiger partial charge in [-0.1, -0.05) is 0 Å². The standard InChI is InChI=1S/C8H16O2/c1-8(2)7(10-8)5-3-4-6-9/h7,9H,3-6H2,1-2H3. The fraction of sp³-hybridized carbons (Fsp3) is 1.00. The van der Waals surface area contributed by atoms with Gasteiger partial charge in [0, 0.05) is 6.61 Å². The molecular formula is C8H16O2. The first-order chi connectivity index (χ1) is 4.67. The van der Waals surface area contributed by atoms with Crippen LogP contribution in [0.15, 0.2) is 0 Å². The van der Waals surface area contributed by atoms with Crippen molar-refractivity contribution in [3.05, 3.63) is 0 Å². The Hall–Kier alpha value is -0.0800. The van der Waals surface area contributed by atoms with E-state index in [9.17, 15) is 0 Å². The van der Waals surface area contributed by atoms with Crippen molar-refractivity contribution in [1.82, 2.24) is 0 Å². The van der Waals surface area contributed by atoms with E-state index < -0.39 is 0 Å². The lowest BCUT2D eigenvalue weighted by Crippen LogP contribution is -2.02. The van der Waals surface area contributed by atoms with Gasteiger partial charge in [-0.15, -0.1) is 0 Å². The predicted molar refractivity (Wildman–Crippen MR) is 39.9 cm³/mol. The van der Waals surface area contributed by atoms with Gasteiger partial charge in [0.05, 0.1) is 11.7 Å². The van der Waals surface area contributed by atoms with Crippen molar-refractivity contribution in [1.29, 1.82) is 0 Å². The lowest BCUT2D eigenvalue weighted by Gasteiger charge is -1.95. The summed E-state index contributed by atoms with van der Waals surface area (Å²) >= 11 is 0. The minimum atomic E-state index is 0.134. The molecule has 1 heterocycles. The molecule has 1 atom stereocenters. The van der Waals surface area contributed by atoms with Gasteiger partial charge in [-0.2, -0.15) is 0 Å². The minimum absolute atomic E-state index is 0.134. The summed E-state index contributed by atoms with van der Waals surface area (Å²) in [5.41, 5.74) is 0.134. The zero-order valence-electron chi connectivity index (χ0n) is 6.76. The topological polar surface area (TPSA) is 32.8 Å². The van der Waals surface area contributed by atoms with E-state index in [1.54, 1.807) is 0 Å². The number of hydrogen-bond donors (Lipinski definition) is 1. The fourth-order valence-corrected chi connectivity index (χ4v) is 1.18. The molecule has 1 aliphatic heterocycles.